The zero-order valence-electron chi connectivity index (χ0n) is 16.0. The number of non-ortho nitro benzene ring substituents is 1. The molecule has 3 rings (SSSR count). The Hall–Kier alpha value is -4.04. The molecular formula is C22H16ClN3O5. The SMILES string of the molecule is O=C(Cc1ccc([N+](=O)[O-])cc1)N/N=C\c1ccccc1OC(=O)c1ccc(Cl)cc1. The first-order chi connectivity index (χ1) is 14.9. The summed E-state index contributed by atoms with van der Waals surface area (Å²) in [6, 6.07) is 18.7. The van der Waals surface area contributed by atoms with Crippen molar-refractivity contribution in [3.63, 3.8) is 0 Å². The van der Waals surface area contributed by atoms with E-state index in [4.69, 9.17) is 16.3 Å². The van der Waals surface area contributed by atoms with Gasteiger partial charge in [0.2, 0.25) is 5.91 Å². The molecule has 1 N–H and O–H groups in total. The van der Waals surface area contributed by atoms with Gasteiger partial charge in [0.1, 0.15) is 5.75 Å². The number of nitrogens with one attached hydrogen (secondary N) is 1. The number of nitrogens with zero attached hydrogens (tertiary/aromatic N) is 2. The molecule has 0 spiro atoms. The highest BCUT2D eigenvalue weighted by Crippen LogP contribution is 2.18. The first-order valence-corrected chi connectivity index (χ1v) is 9.42. The smallest absolute Gasteiger partial charge is 0.343 e. The molecule has 0 aromatic heterocycles. The Bertz CT molecular complexity index is 1130. The lowest BCUT2D eigenvalue weighted by atomic mass is 10.1. The van der Waals surface area contributed by atoms with Gasteiger partial charge in [-0.3, -0.25) is 14.9 Å². The van der Waals surface area contributed by atoms with Crippen LogP contribution in [0.2, 0.25) is 5.02 Å². The molecule has 0 saturated heterocycles. The molecule has 156 valence electrons. The van der Waals surface area contributed by atoms with Gasteiger partial charge in [0, 0.05) is 22.7 Å². The molecule has 0 heterocycles. The van der Waals surface area contributed by atoms with Crippen molar-refractivity contribution in [2.75, 3.05) is 0 Å². The summed E-state index contributed by atoms with van der Waals surface area (Å²) in [6.07, 6.45) is 1.36. The second-order valence-electron chi connectivity index (χ2n) is 6.33. The second-order valence-corrected chi connectivity index (χ2v) is 6.76. The molecule has 1 amide bonds. The third-order valence-electron chi connectivity index (χ3n) is 4.11. The largest absolute Gasteiger partial charge is 0.422 e. The highest BCUT2D eigenvalue weighted by molar-refractivity contribution is 6.30. The van der Waals surface area contributed by atoms with Crippen molar-refractivity contribution in [3.8, 4) is 5.75 Å². The Morgan fingerprint density at radius 3 is 2.39 bits per heavy atom. The van der Waals surface area contributed by atoms with Crippen LogP contribution in [0.5, 0.6) is 5.75 Å². The molecule has 3 aromatic rings. The lowest BCUT2D eigenvalue weighted by molar-refractivity contribution is -0.384. The lowest BCUT2D eigenvalue weighted by Crippen LogP contribution is -2.19. The first-order valence-electron chi connectivity index (χ1n) is 9.04. The van der Waals surface area contributed by atoms with Gasteiger partial charge in [0.05, 0.1) is 23.1 Å². The van der Waals surface area contributed by atoms with Gasteiger partial charge in [0.15, 0.2) is 0 Å². The van der Waals surface area contributed by atoms with Crippen LogP contribution in [-0.2, 0) is 11.2 Å². The molecule has 0 aliphatic rings. The number of ether oxygens (including phenoxy) is 1. The van der Waals surface area contributed by atoms with Gasteiger partial charge < -0.3 is 4.74 Å². The summed E-state index contributed by atoms with van der Waals surface area (Å²) in [5, 5.41) is 15.1. The first kappa shape index (κ1) is 21.7. The minimum atomic E-state index is -0.556. The topological polar surface area (TPSA) is 111 Å². The second kappa shape index (κ2) is 10.1. The highest BCUT2D eigenvalue weighted by atomic mass is 35.5. The molecule has 0 unspecified atom stereocenters. The minimum Gasteiger partial charge on any atom is -0.422 e. The van der Waals surface area contributed by atoms with Crippen LogP contribution >= 0.6 is 11.6 Å². The fourth-order valence-corrected chi connectivity index (χ4v) is 2.69. The van der Waals surface area contributed by atoms with E-state index in [0.717, 1.165) is 0 Å². The van der Waals surface area contributed by atoms with Crippen LogP contribution in [0.4, 0.5) is 5.69 Å². The Balaban J connectivity index is 1.60. The number of para-hydroxylation sites is 1. The summed E-state index contributed by atoms with van der Waals surface area (Å²) < 4.78 is 5.41. The van der Waals surface area contributed by atoms with Crippen molar-refractivity contribution in [1.82, 2.24) is 5.43 Å². The molecular weight excluding hydrogens is 422 g/mol. The van der Waals surface area contributed by atoms with E-state index >= 15 is 0 Å². The lowest BCUT2D eigenvalue weighted by Gasteiger charge is -2.07. The van der Waals surface area contributed by atoms with E-state index in [1.54, 1.807) is 48.5 Å². The standard InChI is InChI=1S/C22H16ClN3O5/c23-18-9-7-16(8-10-18)22(28)31-20-4-2-1-3-17(20)14-24-25-21(27)13-15-5-11-19(12-6-15)26(29)30/h1-12,14H,13H2,(H,25,27)/b24-14-. The van der Waals surface area contributed by atoms with E-state index in [-0.39, 0.29) is 17.9 Å². The number of rotatable bonds is 7. The number of esters is 1. The van der Waals surface area contributed by atoms with E-state index in [2.05, 4.69) is 10.5 Å². The summed E-state index contributed by atoms with van der Waals surface area (Å²) in [5.74, 6) is -0.684. The predicted octanol–water partition coefficient (Wildman–Crippen LogP) is 4.16. The van der Waals surface area contributed by atoms with Crippen molar-refractivity contribution in [2.45, 2.75) is 6.42 Å². The van der Waals surface area contributed by atoms with Crippen LogP contribution in [0.15, 0.2) is 77.9 Å². The highest BCUT2D eigenvalue weighted by Gasteiger charge is 2.11. The number of benzene rings is 3. The Morgan fingerprint density at radius 2 is 1.71 bits per heavy atom. The van der Waals surface area contributed by atoms with Crippen LogP contribution in [0, 0.1) is 10.1 Å². The number of carbonyl (C=O) groups excluding carboxylic acids is 2. The van der Waals surface area contributed by atoms with Crippen molar-refractivity contribution in [2.24, 2.45) is 5.10 Å². The molecule has 0 radical (unpaired) electrons. The fraction of sp³-hybridized carbons (Fsp3) is 0.0455. The molecule has 0 fully saturated rings. The molecule has 3 aromatic carbocycles. The molecule has 0 saturated carbocycles. The summed E-state index contributed by atoms with van der Waals surface area (Å²) in [6.45, 7) is 0. The maximum absolute atomic E-state index is 12.3. The van der Waals surface area contributed by atoms with Crippen molar-refractivity contribution in [1.29, 1.82) is 0 Å². The van der Waals surface area contributed by atoms with Crippen LogP contribution in [0.3, 0.4) is 0 Å². The molecule has 9 heteroatoms. The monoisotopic (exact) mass is 437 g/mol. The van der Waals surface area contributed by atoms with Gasteiger partial charge in [-0.1, -0.05) is 35.9 Å². The number of hydrogen-bond acceptors (Lipinski definition) is 6. The van der Waals surface area contributed by atoms with Gasteiger partial charge in [-0.05, 0) is 42.0 Å². The van der Waals surface area contributed by atoms with E-state index in [9.17, 15) is 19.7 Å². The minimum absolute atomic E-state index is 0.00251. The van der Waals surface area contributed by atoms with E-state index in [0.29, 0.717) is 21.7 Å². The quantitative estimate of drug-likeness (QED) is 0.196. The number of hydrogen-bond donors (Lipinski definition) is 1. The summed E-state index contributed by atoms with van der Waals surface area (Å²) in [4.78, 5) is 34.5. The zero-order valence-corrected chi connectivity index (χ0v) is 16.8. The van der Waals surface area contributed by atoms with Crippen LogP contribution in [0.1, 0.15) is 21.5 Å². The van der Waals surface area contributed by atoms with Gasteiger partial charge in [-0.25, -0.2) is 10.2 Å². The third-order valence-corrected chi connectivity index (χ3v) is 4.36. The van der Waals surface area contributed by atoms with E-state index in [1.807, 2.05) is 0 Å². The summed E-state index contributed by atoms with van der Waals surface area (Å²) in [7, 11) is 0. The van der Waals surface area contributed by atoms with Gasteiger partial charge in [-0.15, -0.1) is 0 Å². The number of hydrazone groups is 1. The Morgan fingerprint density at radius 1 is 1.03 bits per heavy atom. The van der Waals surface area contributed by atoms with E-state index < -0.39 is 16.8 Å². The molecule has 8 nitrogen and oxygen atoms in total. The number of halogens is 1. The summed E-state index contributed by atoms with van der Waals surface area (Å²) in [5.41, 5.74) is 3.76. The molecule has 0 aliphatic carbocycles. The Labute approximate surface area is 182 Å². The average Bonchev–Trinajstić information content (AvgIpc) is 2.75. The van der Waals surface area contributed by atoms with Gasteiger partial charge in [-0.2, -0.15) is 5.10 Å². The van der Waals surface area contributed by atoms with Crippen molar-refractivity contribution >= 4 is 35.4 Å². The molecule has 0 aliphatic heterocycles. The number of nitro groups is 1. The fourth-order valence-electron chi connectivity index (χ4n) is 2.56. The van der Waals surface area contributed by atoms with Gasteiger partial charge in [0.25, 0.3) is 5.69 Å². The number of nitro benzene ring substituents is 1. The Kier molecular flexibility index (Phi) is 7.08. The number of carbonyl (C=O) groups is 2. The van der Waals surface area contributed by atoms with Crippen molar-refractivity contribution in [3.05, 3.63) is 105 Å². The third kappa shape index (κ3) is 6.22. The molecule has 31 heavy (non-hydrogen) atoms. The maximum atomic E-state index is 12.3. The number of amides is 1. The van der Waals surface area contributed by atoms with Crippen LogP contribution in [0.25, 0.3) is 0 Å². The van der Waals surface area contributed by atoms with E-state index in [1.165, 1.54) is 30.5 Å². The predicted molar refractivity (Wildman–Crippen MR) is 115 cm³/mol. The van der Waals surface area contributed by atoms with Crippen molar-refractivity contribution < 1.29 is 19.2 Å². The average molecular weight is 438 g/mol. The molecule has 0 bridgehead atoms. The molecule has 0 atom stereocenters. The normalized spacial score (nSPS) is 10.6. The van der Waals surface area contributed by atoms with Crippen LogP contribution < -0.4 is 10.2 Å². The van der Waals surface area contributed by atoms with Gasteiger partial charge >= 0.3 is 5.97 Å². The summed E-state index contributed by atoms with van der Waals surface area (Å²) >= 11 is 5.82. The zero-order chi connectivity index (χ0) is 22.2. The maximum Gasteiger partial charge on any atom is 0.343 e. The van der Waals surface area contributed by atoms with Crippen LogP contribution in [-0.4, -0.2) is 23.0 Å².